The Balaban J connectivity index is 2.79. The lowest BCUT2D eigenvalue weighted by Gasteiger charge is -2.02. The molecule has 3 heteroatoms. The molecule has 0 radical (unpaired) electrons. The van der Waals surface area contributed by atoms with Crippen molar-refractivity contribution in [3.8, 4) is 0 Å². The first-order chi connectivity index (χ1) is 6.31. The predicted molar refractivity (Wildman–Crippen MR) is 49.6 cm³/mol. The number of benzene rings is 1. The summed E-state index contributed by atoms with van der Waals surface area (Å²) < 4.78 is 12.9. The van der Waals surface area contributed by atoms with Gasteiger partial charge in [0, 0.05) is 18.1 Å². The number of hydrogen-bond donors (Lipinski definition) is 1. The molecule has 0 amide bonds. The molecular formula is C10H9FN2. The zero-order valence-corrected chi connectivity index (χ0v) is 7.00. The molecule has 13 heavy (non-hydrogen) atoms. The average molecular weight is 176 g/mol. The molecule has 1 heterocycles. The van der Waals surface area contributed by atoms with Crippen LogP contribution < -0.4 is 5.73 Å². The highest BCUT2D eigenvalue weighted by Crippen LogP contribution is 2.17. The summed E-state index contributed by atoms with van der Waals surface area (Å²) >= 11 is 0. The number of nitrogens with two attached hydrogens (primary N) is 1. The number of nitrogens with zero attached hydrogens (tertiary/aromatic N) is 1. The molecule has 2 N–H and O–H groups in total. The third kappa shape index (κ3) is 1.38. The van der Waals surface area contributed by atoms with E-state index in [0.717, 1.165) is 16.5 Å². The third-order valence-corrected chi connectivity index (χ3v) is 2.01. The SMILES string of the molecule is NCc1ccnc2ccc(F)cc12. The molecule has 2 nitrogen and oxygen atoms in total. The Morgan fingerprint density at radius 3 is 2.92 bits per heavy atom. The minimum atomic E-state index is -0.254. The highest BCUT2D eigenvalue weighted by molar-refractivity contribution is 5.81. The Morgan fingerprint density at radius 2 is 2.15 bits per heavy atom. The van der Waals surface area contributed by atoms with Crippen LogP contribution in [0.4, 0.5) is 4.39 Å². The molecule has 1 aromatic carbocycles. The van der Waals surface area contributed by atoms with E-state index in [9.17, 15) is 4.39 Å². The van der Waals surface area contributed by atoms with Crippen molar-refractivity contribution < 1.29 is 4.39 Å². The van der Waals surface area contributed by atoms with Crippen LogP contribution in [0.5, 0.6) is 0 Å². The average Bonchev–Trinajstić information content (AvgIpc) is 2.17. The van der Waals surface area contributed by atoms with Gasteiger partial charge in [-0.05, 0) is 29.8 Å². The van der Waals surface area contributed by atoms with Gasteiger partial charge in [0.1, 0.15) is 5.82 Å². The Bertz CT molecular complexity index is 440. The standard InChI is InChI=1S/C10H9FN2/c11-8-1-2-10-9(5-8)7(6-12)3-4-13-10/h1-5H,6,12H2. The maximum Gasteiger partial charge on any atom is 0.123 e. The second-order valence-electron chi connectivity index (χ2n) is 2.84. The molecule has 0 aliphatic rings. The van der Waals surface area contributed by atoms with E-state index in [1.54, 1.807) is 12.3 Å². The summed E-state index contributed by atoms with van der Waals surface area (Å²) in [4.78, 5) is 4.11. The van der Waals surface area contributed by atoms with Crippen molar-refractivity contribution >= 4 is 10.9 Å². The van der Waals surface area contributed by atoms with E-state index < -0.39 is 0 Å². The maximum absolute atomic E-state index is 12.9. The van der Waals surface area contributed by atoms with Gasteiger partial charge < -0.3 is 5.73 Å². The van der Waals surface area contributed by atoms with Gasteiger partial charge >= 0.3 is 0 Å². The molecule has 66 valence electrons. The second-order valence-corrected chi connectivity index (χ2v) is 2.84. The van der Waals surface area contributed by atoms with E-state index in [0.29, 0.717) is 6.54 Å². The largest absolute Gasteiger partial charge is 0.326 e. The van der Waals surface area contributed by atoms with E-state index in [-0.39, 0.29) is 5.82 Å². The second kappa shape index (κ2) is 3.11. The third-order valence-electron chi connectivity index (χ3n) is 2.01. The van der Waals surface area contributed by atoms with E-state index >= 15 is 0 Å². The van der Waals surface area contributed by atoms with Crippen molar-refractivity contribution in [2.45, 2.75) is 6.54 Å². The molecule has 0 aliphatic carbocycles. The highest BCUT2D eigenvalue weighted by Gasteiger charge is 2.00. The van der Waals surface area contributed by atoms with Crippen LogP contribution in [0.3, 0.4) is 0 Å². The van der Waals surface area contributed by atoms with Crippen molar-refractivity contribution in [2.75, 3.05) is 0 Å². The van der Waals surface area contributed by atoms with Crippen LogP contribution in [0.2, 0.25) is 0 Å². The normalized spacial score (nSPS) is 10.6. The van der Waals surface area contributed by atoms with Gasteiger partial charge in [-0.1, -0.05) is 0 Å². The fourth-order valence-electron chi connectivity index (χ4n) is 1.35. The van der Waals surface area contributed by atoms with E-state index in [4.69, 9.17) is 5.73 Å². The van der Waals surface area contributed by atoms with Gasteiger partial charge in [0.15, 0.2) is 0 Å². The van der Waals surface area contributed by atoms with Gasteiger partial charge in [0.25, 0.3) is 0 Å². The fourth-order valence-corrected chi connectivity index (χ4v) is 1.35. The van der Waals surface area contributed by atoms with Crippen LogP contribution in [0.25, 0.3) is 10.9 Å². The molecule has 0 atom stereocenters. The van der Waals surface area contributed by atoms with E-state index in [1.807, 2.05) is 6.07 Å². The summed E-state index contributed by atoms with van der Waals surface area (Å²) in [5.74, 6) is -0.254. The summed E-state index contributed by atoms with van der Waals surface area (Å²) in [6, 6.07) is 6.33. The van der Waals surface area contributed by atoms with Crippen LogP contribution >= 0.6 is 0 Å². The van der Waals surface area contributed by atoms with Crippen LogP contribution in [0.15, 0.2) is 30.5 Å². The first kappa shape index (κ1) is 8.13. The molecule has 0 unspecified atom stereocenters. The lowest BCUT2D eigenvalue weighted by molar-refractivity contribution is 0.629. The number of rotatable bonds is 1. The molecule has 0 bridgehead atoms. The molecule has 2 aromatic rings. The number of aromatic nitrogens is 1. The van der Waals surface area contributed by atoms with E-state index in [2.05, 4.69) is 4.98 Å². The molecule has 0 saturated heterocycles. The Hall–Kier alpha value is -1.48. The van der Waals surface area contributed by atoms with Gasteiger partial charge in [0.2, 0.25) is 0 Å². The highest BCUT2D eigenvalue weighted by atomic mass is 19.1. The lowest BCUT2D eigenvalue weighted by Crippen LogP contribution is -1.97. The van der Waals surface area contributed by atoms with Gasteiger partial charge in [-0.3, -0.25) is 4.98 Å². The Labute approximate surface area is 75.2 Å². The fraction of sp³-hybridized carbons (Fsp3) is 0.100. The summed E-state index contributed by atoms with van der Waals surface area (Å²) in [6.07, 6.45) is 1.68. The summed E-state index contributed by atoms with van der Waals surface area (Å²) in [5, 5.41) is 0.796. The molecule has 1 aromatic heterocycles. The van der Waals surface area contributed by atoms with Gasteiger partial charge in [-0.15, -0.1) is 0 Å². The minimum Gasteiger partial charge on any atom is -0.326 e. The smallest absolute Gasteiger partial charge is 0.123 e. The van der Waals surface area contributed by atoms with Crippen LogP contribution in [0.1, 0.15) is 5.56 Å². The molecule has 0 aliphatic heterocycles. The first-order valence-corrected chi connectivity index (χ1v) is 4.04. The first-order valence-electron chi connectivity index (χ1n) is 4.04. The molecule has 0 fully saturated rings. The summed E-state index contributed by atoms with van der Waals surface area (Å²) in [7, 11) is 0. The van der Waals surface area contributed by atoms with E-state index in [1.165, 1.54) is 12.1 Å². The van der Waals surface area contributed by atoms with Crippen molar-refractivity contribution in [1.29, 1.82) is 0 Å². The monoisotopic (exact) mass is 176 g/mol. The topological polar surface area (TPSA) is 38.9 Å². The molecule has 2 rings (SSSR count). The quantitative estimate of drug-likeness (QED) is 0.720. The van der Waals surface area contributed by atoms with Crippen LogP contribution in [-0.2, 0) is 6.54 Å². The van der Waals surface area contributed by atoms with Crippen LogP contribution in [0, 0.1) is 5.82 Å². The Kier molecular flexibility index (Phi) is 1.94. The number of halogens is 1. The van der Waals surface area contributed by atoms with Crippen molar-refractivity contribution in [2.24, 2.45) is 5.73 Å². The summed E-state index contributed by atoms with van der Waals surface area (Å²) in [6.45, 7) is 0.405. The molecule has 0 saturated carbocycles. The predicted octanol–water partition coefficient (Wildman–Crippen LogP) is 1.83. The van der Waals surface area contributed by atoms with Crippen molar-refractivity contribution in [1.82, 2.24) is 4.98 Å². The summed E-state index contributed by atoms with van der Waals surface area (Å²) in [5.41, 5.74) is 7.22. The minimum absolute atomic E-state index is 0.254. The zero-order valence-electron chi connectivity index (χ0n) is 7.00. The lowest BCUT2D eigenvalue weighted by atomic mass is 10.1. The number of hydrogen-bond acceptors (Lipinski definition) is 2. The maximum atomic E-state index is 12.9. The van der Waals surface area contributed by atoms with Crippen LogP contribution in [-0.4, -0.2) is 4.98 Å². The number of fused-ring (bicyclic) bond motifs is 1. The molecule has 0 spiro atoms. The zero-order chi connectivity index (χ0) is 9.26. The van der Waals surface area contributed by atoms with Gasteiger partial charge in [0.05, 0.1) is 5.52 Å². The van der Waals surface area contributed by atoms with Crippen molar-refractivity contribution in [3.63, 3.8) is 0 Å². The Morgan fingerprint density at radius 1 is 1.31 bits per heavy atom. The number of pyridine rings is 1. The molecular weight excluding hydrogens is 167 g/mol. The van der Waals surface area contributed by atoms with Crippen molar-refractivity contribution in [3.05, 3.63) is 41.8 Å². The van der Waals surface area contributed by atoms with Gasteiger partial charge in [-0.2, -0.15) is 0 Å². The van der Waals surface area contributed by atoms with Gasteiger partial charge in [-0.25, -0.2) is 4.39 Å².